The minimum absolute atomic E-state index is 0.0655. The molecular weight excluding hydrogens is 235 g/mol. The summed E-state index contributed by atoms with van der Waals surface area (Å²) in [7, 11) is 0. The molecule has 2 rings (SSSR count). The van der Waals surface area contributed by atoms with Crippen LogP contribution in [0.15, 0.2) is 18.2 Å². The molecule has 1 aromatic carbocycles. The van der Waals surface area contributed by atoms with Crippen LogP contribution in [0.2, 0.25) is 0 Å². The largest absolute Gasteiger partial charge is 0.508 e. The van der Waals surface area contributed by atoms with Crippen LogP contribution in [0.5, 0.6) is 5.75 Å². The zero-order valence-electron chi connectivity index (χ0n) is 10.8. The first-order chi connectivity index (χ1) is 8.55. The molecule has 1 aromatic rings. The Morgan fingerprint density at radius 3 is 2.89 bits per heavy atom. The van der Waals surface area contributed by atoms with Crippen LogP contribution in [0, 0.1) is 5.82 Å². The Balaban J connectivity index is 2.39. The van der Waals surface area contributed by atoms with Crippen molar-refractivity contribution in [3.8, 4) is 5.75 Å². The van der Waals surface area contributed by atoms with Gasteiger partial charge < -0.3 is 14.6 Å². The lowest BCUT2D eigenvalue weighted by atomic mass is 9.83. The van der Waals surface area contributed by atoms with Crippen LogP contribution in [-0.2, 0) is 15.1 Å². The SMILES string of the molecule is CCOC1(c2cc(O)cc(F)c2)CCOC(C)C1. The maximum Gasteiger partial charge on any atom is 0.127 e. The summed E-state index contributed by atoms with van der Waals surface area (Å²) in [4.78, 5) is 0. The third-order valence-electron chi connectivity index (χ3n) is 3.35. The van der Waals surface area contributed by atoms with E-state index < -0.39 is 11.4 Å². The fourth-order valence-electron chi connectivity index (χ4n) is 2.64. The molecule has 2 unspecified atom stereocenters. The third-order valence-corrected chi connectivity index (χ3v) is 3.35. The summed E-state index contributed by atoms with van der Waals surface area (Å²) in [6.45, 7) is 5.02. The second-order valence-electron chi connectivity index (χ2n) is 4.76. The number of phenols is 1. The Morgan fingerprint density at radius 2 is 2.28 bits per heavy atom. The van der Waals surface area contributed by atoms with Crippen LogP contribution < -0.4 is 0 Å². The highest BCUT2D eigenvalue weighted by Gasteiger charge is 2.38. The molecule has 1 saturated heterocycles. The number of aromatic hydroxyl groups is 1. The lowest BCUT2D eigenvalue weighted by Gasteiger charge is -2.40. The van der Waals surface area contributed by atoms with E-state index in [1.165, 1.54) is 6.07 Å². The summed E-state index contributed by atoms with van der Waals surface area (Å²) in [5, 5.41) is 9.55. The molecule has 0 saturated carbocycles. The van der Waals surface area contributed by atoms with Gasteiger partial charge >= 0.3 is 0 Å². The van der Waals surface area contributed by atoms with Gasteiger partial charge in [0.2, 0.25) is 0 Å². The van der Waals surface area contributed by atoms with Crippen molar-refractivity contribution in [1.29, 1.82) is 0 Å². The standard InChI is InChI=1S/C14H19FO3/c1-3-18-14(4-5-17-10(2)9-14)11-6-12(15)8-13(16)7-11/h6-8,10,16H,3-5,9H2,1-2H3. The molecule has 100 valence electrons. The molecule has 0 radical (unpaired) electrons. The number of hydrogen-bond donors (Lipinski definition) is 1. The van der Waals surface area contributed by atoms with Gasteiger partial charge in [-0.1, -0.05) is 0 Å². The van der Waals surface area contributed by atoms with Gasteiger partial charge in [0.15, 0.2) is 0 Å². The molecule has 1 heterocycles. The van der Waals surface area contributed by atoms with Crippen molar-refractivity contribution in [3.63, 3.8) is 0 Å². The van der Waals surface area contributed by atoms with Crippen molar-refractivity contribution >= 4 is 0 Å². The first kappa shape index (κ1) is 13.3. The van der Waals surface area contributed by atoms with E-state index in [4.69, 9.17) is 9.47 Å². The fraction of sp³-hybridized carbons (Fsp3) is 0.571. The minimum Gasteiger partial charge on any atom is -0.508 e. The fourth-order valence-corrected chi connectivity index (χ4v) is 2.64. The van der Waals surface area contributed by atoms with Crippen LogP contribution in [0.4, 0.5) is 4.39 Å². The van der Waals surface area contributed by atoms with Crippen LogP contribution in [0.25, 0.3) is 0 Å². The van der Waals surface area contributed by atoms with E-state index in [-0.39, 0.29) is 11.9 Å². The zero-order chi connectivity index (χ0) is 13.2. The van der Waals surface area contributed by atoms with Crippen molar-refractivity contribution in [2.75, 3.05) is 13.2 Å². The highest BCUT2D eigenvalue weighted by molar-refractivity contribution is 5.33. The molecule has 0 spiro atoms. The number of benzene rings is 1. The smallest absolute Gasteiger partial charge is 0.127 e. The van der Waals surface area contributed by atoms with E-state index in [0.717, 1.165) is 6.07 Å². The van der Waals surface area contributed by atoms with E-state index in [1.54, 1.807) is 6.07 Å². The monoisotopic (exact) mass is 254 g/mol. The molecule has 1 aliphatic heterocycles. The van der Waals surface area contributed by atoms with Gasteiger partial charge in [-0.15, -0.1) is 0 Å². The molecular formula is C14H19FO3. The number of rotatable bonds is 3. The molecule has 1 N–H and O–H groups in total. The second kappa shape index (κ2) is 5.24. The summed E-state index contributed by atoms with van der Waals surface area (Å²) in [5.74, 6) is -0.508. The first-order valence-corrected chi connectivity index (χ1v) is 6.31. The van der Waals surface area contributed by atoms with Gasteiger partial charge in [0.25, 0.3) is 0 Å². The Morgan fingerprint density at radius 1 is 1.50 bits per heavy atom. The van der Waals surface area contributed by atoms with Gasteiger partial charge in [-0.05, 0) is 31.5 Å². The Bertz CT molecular complexity index is 397. The lowest BCUT2D eigenvalue weighted by molar-refractivity contribution is -0.137. The summed E-state index contributed by atoms with van der Waals surface area (Å²) >= 11 is 0. The molecule has 0 aromatic heterocycles. The van der Waals surface area contributed by atoms with Gasteiger partial charge in [-0.2, -0.15) is 0 Å². The molecule has 3 nitrogen and oxygen atoms in total. The number of hydrogen-bond acceptors (Lipinski definition) is 3. The van der Waals surface area contributed by atoms with Crippen molar-refractivity contribution < 1.29 is 19.0 Å². The van der Waals surface area contributed by atoms with Crippen molar-refractivity contribution in [3.05, 3.63) is 29.6 Å². The molecule has 2 atom stereocenters. The Hall–Kier alpha value is -1.13. The van der Waals surface area contributed by atoms with Crippen LogP contribution in [0.1, 0.15) is 32.3 Å². The van der Waals surface area contributed by atoms with Crippen LogP contribution in [-0.4, -0.2) is 24.4 Å². The van der Waals surface area contributed by atoms with E-state index in [1.807, 2.05) is 13.8 Å². The molecule has 0 amide bonds. The van der Waals surface area contributed by atoms with Crippen molar-refractivity contribution in [2.24, 2.45) is 0 Å². The maximum absolute atomic E-state index is 13.4. The van der Waals surface area contributed by atoms with Gasteiger partial charge in [0.05, 0.1) is 18.3 Å². The number of ether oxygens (including phenoxy) is 2. The zero-order valence-corrected chi connectivity index (χ0v) is 10.8. The minimum atomic E-state index is -0.550. The Kier molecular flexibility index (Phi) is 3.88. The summed E-state index contributed by atoms with van der Waals surface area (Å²) in [5.41, 5.74) is 0.142. The van der Waals surface area contributed by atoms with E-state index in [2.05, 4.69) is 0 Å². The normalized spacial score (nSPS) is 28.3. The molecule has 1 aliphatic rings. The van der Waals surface area contributed by atoms with Crippen LogP contribution >= 0.6 is 0 Å². The predicted molar refractivity (Wildman–Crippen MR) is 66.0 cm³/mol. The van der Waals surface area contributed by atoms with E-state index in [9.17, 15) is 9.50 Å². The average molecular weight is 254 g/mol. The van der Waals surface area contributed by atoms with E-state index >= 15 is 0 Å². The second-order valence-corrected chi connectivity index (χ2v) is 4.76. The van der Waals surface area contributed by atoms with Crippen molar-refractivity contribution in [1.82, 2.24) is 0 Å². The third kappa shape index (κ3) is 2.65. The lowest BCUT2D eigenvalue weighted by Crippen LogP contribution is -2.40. The highest BCUT2D eigenvalue weighted by Crippen LogP contribution is 2.39. The molecule has 4 heteroatoms. The molecule has 1 fully saturated rings. The summed E-state index contributed by atoms with van der Waals surface area (Å²) < 4.78 is 24.8. The Labute approximate surface area is 107 Å². The van der Waals surface area contributed by atoms with Gasteiger partial charge in [0.1, 0.15) is 11.6 Å². The van der Waals surface area contributed by atoms with Gasteiger partial charge in [0, 0.05) is 25.5 Å². The highest BCUT2D eigenvalue weighted by atomic mass is 19.1. The van der Waals surface area contributed by atoms with Gasteiger partial charge in [-0.25, -0.2) is 4.39 Å². The molecule has 0 aliphatic carbocycles. The van der Waals surface area contributed by atoms with E-state index in [0.29, 0.717) is 31.6 Å². The summed E-state index contributed by atoms with van der Waals surface area (Å²) in [6.07, 6.45) is 1.41. The molecule has 18 heavy (non-hydrogen) atoms. The maximum atomic E-state index is 13.4. The average Bonchev–Trinajstić information content (AvgIpc) is 2.28. The van der Waals surface area contributed by atoms with Gasteiger partial charge in [-0.3, -0.25) is 0 Å². The number of halogens is 1. The number of phenolic OH excluding ortho intramolecular Hbond substituents is 1. The quantitative estimate of drug-likeness (QED) is 0.901. The molecule has 0 bridgehead atoms. The topological polar surface area (TPSA) is 38.7 Å². The summed E-state index contributed by atoms with van der Waals surface area (Å²) in [6, 6.07) is 4.12. The van der Waals surface area contributed by atoms with Crippen LogP contribution in [0.3, 0.4) is 0 Å². The first-order valence-electron chi connectivity index (χ1n) is 6.31. The van der Waals surface area contributed by atoms with Crippen molar-refractivity contribution in [2.45, 2.75) is 38.4 Å². The predicted octanol–water partition coefficient (Wildman–Crippen LogP) is 2.96.